The van der Waals surface area contributed by atoms with Crippen molar-refractivity contribution in [3.8, 4) is 0 Å². The van der Waals surface area contributed by atoms with E-state index < -0.39 is 29.2 Å². The Labute approximate surface area is 135 Å². The van der Waals surface area contributed by atoms with Crippen LogP contribution in [0.3, 0.4) is 0 Å². The van der Waals surface area contributed by atoms with Crippen LogP contribution in [0.5, 0.6) is 0 Å². The van der Waals surface area contributed by atoms with Crippen molar-refractivity contribution in [1.29, 1.82) is 0 Å². The topological polar surface area (TPSA) is 55.4 Å². The summed E-state index contributed by atoms with van der Waals surface area (Å²) in [6.07, 6.45) is -0.800. The number of nitrogens with one attached hydrogen (secondary N) is 1. The van der Waals surface area contributed by atoms with Gasteiger partial charge in [-0.2, -0.15) is 0 Å². The molecule has 0 aliphatic rings. The molecular formula is C17H23F2NO3. The second-order valence-corrected chi connectivity index (χ2v) is 6.83. The second kappa shape index (κ2) is 7.53. The minimum absolute atomic E-state index is 0.110. The van der Waals surface area contributed by atoms with Crippen molar-refractivity contribution in [2.45, 2.75) is 47.3 Å². The Kier molecular flexibility index (Phi) is 6.24. The van der Waals surface area contributed by atoms with Crippen LogP contribution in [-0.4, -0.2) is 17.9 Å². The van der Waals surface area contributed by atoms with Crippen molar-refractivity contribution >= 4 is 11.9 Å². The van der Waals surface area contributed by atoms with Crippen LogP contribution >= 0.6 is 0 Å². The van der Waals surface area contributed by atoms with E-state index in [4.69, 9.17) is 4.74 Å². The molecule has 0 spiro atoms. The Balaban J connectivity index is 2.68. The predicted molar refractivity (Wildman–Crippen MR) is 82.8 cm³/mol. The van der Waals surface area contributed by atoms with Gasteiger partial charge in [-0.25, -0.2) is 13.6 Å². The van der Waals surface area contributed by atoms with Crippen molar-refractivity contribution in [3.05, 3.63) is 35.4 Å². The fourth-order valence-corrected chi connectivity index (χ4v) is 2.01. The van der Waals surface area contributed by atoms with Gasteiger partial charge in [0.1, 0.15) is 18.2 Å². The third-order valence-corrected chi connectivity index (χ3v) is 3.25. The number of carbonyl (C=O) groups excluding carboxylic acids is 2. The summed E-state index contributed by atoms with van der Waals surface area (Å²) in [5.41, 5.74) is -0.408. The van der Waals surface area contributed by atoms with Crippen LogP contribution in [0.25, 0.3) is 0 Å². The molecule has 0 aliphatic heterocycles. The van der Waals surface area contributed by atoms with Gasteiger partial charge in [-0.3, -0.25) is 4.79 Å². The zero-order chi connectivity index (χ0) is 17.8. The molecule has 0 saturated carbocycles. The summed E-state index contributed by atoms with van der Waals surface area (Å²) >= 11 is 0. The van der Waals surface area contributed by atoms with Crippen LogP contribution < -0.4 is 5.32 Å². The summed E-state index contributed by atoms with van der Waals surface area (Å²) in [7, 11) is 0. The number of hydrogen-bond donors (Lipinski definition) is 1. The lowest BCUT2D eigenvalue weighted by molar-refractivity contribution is -0.129. The summed E-state index contributed by atoms with van der Waals surface area (Å²) in [5.74, 6) is -1.71. The molecule has 0 fully saturated rings. The van der Waals surface area contributed by atoms with Crippen LogP contribution in [0.15, 0.2) is 18.2 Å². The number of ketones is 1. The fraction of sp³-hybridized carbons (Fsp3) is 0.529. The molecule has 1 atom stereocenters. The first-order valence-corrected chi connectivity index (χ1v) is 7.43. The Morgan fingerprint density at radius 3 is 2.09 bits per heavy atom. The Hall–Kier alpha value is -1.98. The lowest BCUT2D eigenvalue weighted by atomic mass is 9.82. The molecule has 1 amide bonds. The number of alkyl carbamates (subject to hydrolysis) is 1. The Morgan fingerprint density at radius 1 is 1.13 bits per heavy atom. The molecule has 1 unspecified atom stereocenters. The van der Waals surface area contributed by atoms with Gasteiger partial charge in [0, 0.05) is 11.5 Å². The maximum absolute atomic E-state index is 13.1. The van der Waals surface area contributed by atoms with Crippen molar-refractivity contribution < 1.29 is 23.1 Å². The van der Waals surface area contributed by atoms with Crippen molar-refractivity contribution in [3.63, 3.8) is 0 Å². The van der Waals surface area contributed by atoms with E-state index >= 15 is 0 Å². The summed E-state index contributed by atoms with van der Waals surface area (Å²) < 4.78 is 31.1. The van der Waals surface area contributed by atoms with E-state index in [0.29, 0.717) is 0 Å². The van der Waals surface area contributed by atoms with Gasteiger partial charge in [0.15, 0.2) is 5.78 Å². The molecule has 4 nitrogen and oxygen atoms in total. The number of amides is 1. The molecule has 6 heteroatoms. The summed E-state index contributed by atoms with van der Waals surface area (Å²) in [6.45, 7) is 8.66. The van der Waals surface area contributed by atoms with Crippen LogP contribution in [0.4, 0.5) is 13.6 Å². The fourth-order valence-electron chi connectivity index (χ4n) is 2.01. The molecule has 0 bridgehead atoms. The third-order valence-electron chi connectivity index (χ3n) is 3.25. The molecule has 0 aliphatic carbocycles. The molecule has 128 valence electrons. The van der Waals surface area contributed by atoms with Crippen molar-refractivity contribution in [1.82, 2.24) is 5.32 Å². The van der Waals surface area contributed by atoms with Gasteiger partial charge in [0.2, 0.25) is 0 Å². The Bertz CT molecular complexity index is 559. The molecule has 1 rings (SSSR count). The molecule has 0 radical (unpaired) electrons. The number of halogens is 2. The first-order valence-electron chi connectivity index (χ1n) is 7.43. The largest absolute Gasteiger partial charge is 0.445 e. The standard InChI is InChI=1S/C17H23F2NO3/c1-10(2)14(15(21)17(3,4)5)20-16(22)23-9-11-6-12(18)8-13(19)7-11/h6-8,10,14H,9H2,1-5H3,(H,20,22). The first-order chi connectivity index (χ1) is 10.5. The van der Waals surface area contributed by atoms with Crippen molar-refractivity contribution in [2.75, 3.05) is 0 Å². The maximum atomic E-state index is 13.1. The van der Waals surface area contributed by atoms with Gasteiger partial charge in [-0.1, -0.05) is 34.6 Å². The number of hydrogen-bond acceptors (Lipinski definition) is 3. The van der Waals surface area contributed by atoms with Gasteiger partial charge in [-0.05, 0) is 23.6 Å². The Morgan fingerprint density at radius 2 is 1.65 bits per heavy atom. The first kappa shape index (κ1) is 19.1. The molecule has 1 N–H and O–H groups in total. The number of benzene rings is 1. The molecule has 1 aromatic rings. The van der Waals surface area contributed by atoms with E-state index in [0.717, 1.165) is 18.2 Å². The minimum Gasteiger partial charge on any atom is -0.445 e. The van der Waals surface area contributed by atoms with Crippen LogP contribution in [0.1, 0.15) is 40.2 Å². The molecular weight excluding hydrogens is 304 g/mol. The van der Waals surface area contributed by atoms with E-state index in [1.165, 1.54) is 0 Å². The van der Waals surface area contributed by atoms with Crippen LogP contribution in [0, 0.1) is 23.0 Å². The number of rotatable bonds is 5. The van der Waals surface area contributed by atoms with Crippen molar-refractivity contribution in [2.24, 2.45) is 11.3 Å². The molecule has 1 aromatic carbocycles. The lowest BCUT2D eigenvalue weighted by Gasteiger charge is -2.27. The SMILES string of the molecule is CC(C)C(NC(=O)OCc1cc(F)cc(F)c1)C(=O)C(C)(C)C. The van der Waals surface area contributed by atoms with E-state index in [-0.39, 0.29) is 23.9 Å². The van der Waals surface area contributed by atoms with Gasteiger partial charge < -0.3 is 10.1 Å². The smallest absolute Gasteiger partial charge is 0.408 e. The second-order valence-electron chi connectivity index (χ2n) is 6.83. The highest BCUT2D eigenvalue weighted by molar-refractivity contribution is 5.91. The molecule has 0 heterocycles. The van der Waals surface area contributed by atoms with Gasteiger partial charge in [-0.15, -0.1) is 0 Å². The molecule has 23 heavy (non-hydrogen) atoms. The zero-order valence-electron chi connectivity index (χ0n) is 14.1. The monoisotopic (exact) mass is 327 g/mol. The van der Waals surface area contributed by atoms with E-state index in [1.54, 1.807) is 20.8 Å². The van der Waals surface area contributed by atoms with E-state index in [9.17, 15) is 18.4 Å². The minimum atomic E-state index is -0.800. The van der Waals surface area contributed by atoms with Crippen LogP contribution in [0.2, 0.25) is 0 Å². The highest BCUT2D eigenvalue weighted by Gasteiger charge is 2.33. The van der Waals surface area contributed by atoms with Gasteiger partial charge >= 0.3 is 6.09 Å². The number of ether oxygens (including phenoxy) is 1. The van der Waals surface area contributed by atoms with Crippen LogP contribution in [-0.2, 0) is 16.1 Å². The average molecular weight is 327 g/mol. The normalized spacial score (nSPS) is 12.9. The quantitative estimate of drug-likeness (QED) is 0.894. The van der Waals surface area contributed by atoms with Gasteiger partial charge in [0.05, 0.1) is 6.04 Å². The third kappa shape index (κ3) is 5.96. The van der Waals surface area contributed by atoms with E-state index in [1.807, 2.05) is 13.8 Å². The zero-order valence-corrected chi connectivity index (χ0v) is 14.1. The average Bonchev–Trinajstić information content (AvgIpc) is 2.39. The number of Topliss-reactive ketones (excluding diaryl/α,β-unsaturated/α-hetero) is 1. The summed E-state index contributed by atoms with van der Waals surface area (Å²) in [5, 5.41) is 2.52. The van der Waals surface area contributed by atoms with Gasteiger partial charge in [0.25, 0.3) is 0 Å². The highest BCUT2D eigenvalue weighted by atomic mass is 19.1. The highest BCUT2D eigenvalue weighted by Crippen LogP contribution is 2.20. The summed E-state index contributed by atoms with van der Waals surface area (Å²) in [4.78, 5) is 24.2. The maximum Gasteiger partial charge on any atom is 0.408 e. The molecule has 0 aromatic heterocycles. The van der Waals surface area contributed by atoms with E-state index in [2.05, 4.69) is 5.32 Å². The molecule has 0 saturated heterocycles. The lowest BCUT2D eigenvalue weighted by Crippen LogP contribution is -2.48. The predicted octanol–water partition coefficient (Wildman–Crippen LogP) is 3.83. The summed E-state index contributed by atoms with van der Waals surface area (Å²) in [6, 6.07) is 2.21. The number of carbonyl (C=O) groups is 2.